The lowest BCUT2D eigenvalue weighted by Gasteiger charge is -2.03. The summed E-state index contributed by atoms with van der Waals surface area (Å²) in [5.41, 5.74) is 3.21. The largest absolute Gasteiger partial charge is 0.477 e. The van der Waals surface area contributed by atoms with E-state index in [0.29, 0.717) is 0 Å². The smallest absolute Gasteiger partial charge is 0.341 e. The molecule has 9 heteroatoms. The maximum atomic E-state index is 12.6. The summed E-state index contributed by atoms with van der Waals surface area (Å²) >= 11 is 0. The highest BCUT2D eigenvalue weighted by Crippen LogP contribution is 2.22. The predicted octanol–water partition coefficient (Wildman–Crippen LogP) is 2.02. The molecule has 0 spiro atoms. The van der Waals surface area contributed by atoms with Crippen molar-refractivity contribution in [3.8, 4) is 0 Å². The molecular weight excluding hydrogens is 277 g/mol. The van der Waals surface area contributed by atoms with Crippen LogP contribution in [-0.2, 0) is 4.74 Å². The fourth-order valence-electron chi connectivity index (χ4n) is 0.793. The average molecular weight is 287 g/mol. The number of benzene rings is 1. The summed E-state index contributed by atoms with van der Waals surface area (Å²) < 4.78 is 66.6. The SMILES string of the molecule is COC(C)N.O=C(O)c1c(F)c(F)c(F)c(F)c1F. The minimum atomic E-state index is -2.38. The van der Waals surface area contributed by atoms with Gasteiger partial charge in [-0.05, 0) is 6.92 Å². The number of halogens is 5. The van der Waals surface area contributed by atoms with Crippen molar-refractivity contribution in [2.75, 3.05) is 7.11 Å². The molecule has 0 heterocycles. The minimum Gasteiger partial charge on any atom is -0.477 e. The van der Waals surface area contributed by atoms with Crippen LogP contribution in [0.25, 0.3) is 0 Å². The molecule has 4 nitrogen and oxygen atoms in total. The Kier molecular flexibility index (Phi) is 6.36. The number of nitrogens with two attached hydrogens (primary N) is 1. The zero-order valence-electron chi connectivity index (χ0n) is 9.81. The van der Waals surface area contributed by atoms with Crippen LogP contribution in [0.15, 0.2) is 0 Å². The number of hydrogen-bond acceptors (Lipinski definition) is 3. The van der Waals surface area contributed by atoms with Gasteiger partial charge >= 0.3 is 5.97 Å². The highest BCUT2D eigenvalue weighted by Gasteiger charge is 2.29. The Hall–Kier alpha value is -1.74. The van der Waals surface area contributed by atoms with Crippen LogP contribution < -0.4 is 5.73 Å². The number of hydrogen-bond donors (Lipinski definition) is 2. The number of ether oxygens (including phenoxy) is 1. The van der Waals surface area contributed by atoms with Gasteiger partial charge in [0.1, 0.15) is 11.8 Å². The first-order valence-electron chi connectivity index (χ1n) is 4.68. The van der Waals surface area contributed by atoms with Crippen molar-refractivity contribution in [1.82, 2.24) is 0 Å². The summed E-state index contributed by atoms with van der Waals surface area (Å²) in [6, 6.07) is 0. The summed E-state index contributed by atoms with van der Waals surface area (Å²) in [7, 11) is 1.57. The fourth-order valence-corrected chi connectivity index (χ4v) is 0.793. The second kappa shape index (κ2) is 7.00. The van der Waals surface area contributed by atoms with Crippen LogP contribution in [0.3, 0.4) is 0 Å². The van der Waals surface area contributed by atoms with E-state index in [-0.39, 0.29) is 6.23 Å². The molecule has 0 aliphatic rings. The monoisotopic (exact) mass is 287 g/mol. The van der Waals surface area contributed by atoms with E-state index in [2.05, 4.69) is 4.74 Å². The second-order valence-electron chi connectivity index (χ2n) is 3.19. The summed E-state index contributed by atoms with van der Waals surface area (Å²) in [5, 5.41) is 8.15. The molecule has 0 saturated heterocycles. The Morgan fingerprint density at radius 1 is 1.05 bits per heavy atom. The Labute approximate surface area is 104 Å². The van der Waals surface area contributed by atoms with E-state index in [1.807, 2.05) is 0 Å². The van der Waals surface area contributed by atoms with Crippen molar-refractivity contribution in [1.29, 1.82) is 0 Å². The number of carbonyl (C=O) groups is 1. The fraction of sp³-hybridized carbons (Fsp3) is 0.300. The molecule has 0 radical (unpaired) electrons. The Balaban J connectivity index is 0.000000555. The Bertz CT molecular complexity index is 450. The molecule has 0 aliphatic heterocycles. The van der Waals surface area contributed by atoms with Crippen molar-refractivity contribution < 1.29 is 36.6 Å². The van der Waals surface area contributed by atoms with Crippen molar-refractivity contribution in [3.05, 3.63) is 34.6 Å². The second-order valence-corrected chi connectivity index (χ2v) is 3.19. The molecule has 0 saturated carbocycles. The zero-order chi connectivity index (χ0) is 15.3. The maximum absolute atomic E-state index is 12.6. The van der Waals surface area contributed by atoms with Gasteiger partial charge in [-0.3, -0.25) is 0 Å². The Morgan fingerprint density at radius 3 is 1.53 bits per heavy atom. The van der Waals surface area contributed by atoms with Gasteiger partial charge in [-0.25, -0.2) is 26.7 Å². The van der Waals surface area contributed by atoms with E-state index in [9.17, 15) is 26.7 Å². The van der Waals surface area contributed by atoms with E-state index in [1.54, 1.807) is 14.0 Å². The summed E-state index contributed by atoms with van der Waals surface area (Å²) in [4.78, 5) is 10.1. The van der Waals surface area contributed by atoms with Crippen LogP contribution in [-0.4, -0.2) is 24.4 Å². The number of carboxylic acid groups (broad SMARTS) is 1. The van der Waals surface area contributed by atoms with Crippen molar-refractivity contribution in [2.45, 2.75) is 13.2 Å². The zero-order valence-corrected chi connectivity index (χ0v) is 9.81. The van der Waals surface area contributed by atoms with Gasteiger partial charge in [-0.1, -0.05) is 0 Å². The molecule has 3 N–H and O–H groups in total. The predicted molar refractivity (Wildman–Crippen MR) is 53.8 cm³/mol. The van der Waals surface area contributed by atoms with Crippen LogP contribution in [0, 0.1) is 29.1 Å². The van der Waals surface area contributed by atoms with E-state index >= 15 is 0 Å². The van der Waals surface area contributed by atoms with Crippen LogP contribution in [0.5, 0.6) is 0 Å². The molecule has 0 aromatic heterocycles. The number of aromatic carboxylic acids is 1. The third kappa shape index (κ3) is 4.14. The third-order valence-electron chi connectivity index (χ3n) is 1.80. The molecule has 1 unspecified atom stereocenters. The van der Waals surface area contributed by atoms with Gasteiger partial charge in [0, 0.05) is 7.11 Å². The number of carboxylic acids is 1. The molecule has 0 aliphatic carbocycles. The van der Waals surface area contributed by atoms with Gasteiger partial charge in [0.15, 0.2) is 23.3 Å². The number of methoxy groups -OCH3 is 1. The topological polar surface area (TPSA) is 72.5 Å². The average Bonchev–Trinajstić information content (AvgIpc) is 2.34. The first-order chi connectivity index (χ1) is 8.64. The molecule has 108 valence electrons. The van der Waals surface area contributed by atoms with Crippen LogP contribution in [0.1, 0.15) is 17.3 Å². The van der Waals surface area contributed by atoms with Gasteiger partial charge < -0.3 is 15.6 Å². The van der Waals surface area contributed by atoms with Crippen molar-refractivity contribution >= 4 is 5.97 Å². The highest BCUT2D eigenvalue weighted by atomic mass is 19.2. The molecule has 0 amide bonds. The van der Waals surface area contributed by atoms with Crippen LogP contribution in [0.4, 0.5) is 22.0 Å². The van der Waals surface area contributed by atoms with Gasteiger partial charge in [0.25, 0.3) is 0 Å². The molecule has 1 aromatic rings. The normalized spacial score (nSPS) is 11.6. The van der Waals surface area contributed by atoms with Crippen LogP contribution in [0.2, 0.25) is 0 Å². The lowest BCUT2D eigenvalue weighted by atomic mass is 10.1. The number of rotatable bonds is 2. The van der Waals surface area contributed by atoms with E-state index < -0.39 is 40.6 Å². The van der Waals surface area contributed by atoms with Gasteiger partial charge in [-0.2, -0.15) is 0 Å². The van der Waals surface area contributed by atoms with E-state index in [4.69, 9.17) is 10.8 Å². The minimum absolute atomic E-state index is 0.116. The first kappa shape index (κ1) is 17.3. The molecule has 19 heavy (non-hydrogen) atoms. The molecule has 1 rings (SSSR count). The van der Waals surface area contributed by atoms with E-state index in [1.165, 1.54) is 0 Å². The summed E-state index contributed by atoms with van der Waals surface area (Å²) in [6.07, 6.45) is -0.116. The lowest BCUT2D eigenvalue weighted by molar-refractivity contribution is 0.0682. The molecular formula is C10H10F5NO3. The van der Waals surface area contributed by atoms with Crippen molar-refractivity contribution in [3.63, 3.8) is 0 Å². The first-order valence-corrected chi connectivity index (χ1v) is 4.68. The van der Waals surface area contributed by atoms with E-state index in [0.717, 1.165) is 0 Å². The third-order valence-corrected chi connectivity index (χ3v) is 1.80. The van der Waals surface area contributed by atoms with Gasteiger partial charge in [0.2, 0.25) is 5.82 Å². The maximum Gasteiger partial charge on any atom is 0.341 e. The lowest BCUT2D eigenvalue weighted by Crippen LogP contribution is -2.15. The Morgan fingerprint density at radius 2 is 1.32 bits per heavy atom. The molecule has 0 bridgehead atoms. The summed E-state index contributed by atoms with van der Waals surface area (Å²) in [5.74, 6) is -13.9. The van der Waals surface area contributed by atoms with Gasteiger partial charge in [-0.15, -0.1) is 0 Å². The summed E-state index contributed by atoms with van der Waals surface area (Å²) in [6.45, 7) is 1.78. The van der Waals surface area contributed by atoms with Crippen molar-refractivity contribution in [2.24, 2.45) is 5.73 Å². The highest BCUT2D eigenvalue weighted by molar-refractivity contribution is 5.88. The quantitative estimate of drug-likeness (QED) is 0.378. The van der Waals surface area contributed by atoms with Gasteiger partial charge in [0.05, 0.1) is 0 Å². The standard InChI is InChI=1S/C7HF5O2.C3H9NO/c8-2-1(7(13)14)3(9)5(11)6(12)4(2)10;1-3(4)5-2/h(H,13,14);3H,4H2,1-2H3. The molecule has 1 atom stereocenters. The molecule has 1 aromatic carbocycles. The molecule has 0 fully saturated rings. The van der Waals surface area contributed by atoms with Crippen LogP contribution >= 0.6 is 0 Å².